The third-order valence-electron chi connectivity index (χ3n) is 4.32. The Kier molecular flexibility index (Phi) is 6.78. The van der Waals surface area contributed by atoms with Crippen LogP contribution >= 0.6 is 0 Å². The van der Waals surface area contributed by atoms with Gasteiger partial charge in [0, 0.05) is 6.04 Å². The van der Waals surface area contributed by atoms with Crippen molar-refractivity contribution in [3.05, 3.63) is 65.2 Å². The molecule has 5 nitrogen and oxygen atoms in total. The van der Waals surface area contributed by atoms with Crippen molar-refractivity contribution in [1.82, 2.24) is 5.32 Å². The zero-order valence-corrected chi connectivity index (χ0v) is 15.4. The molecule has 0 heterocycles. The molecule has 0 fully saturated rings. The number of nitrogens with one attached hydrogen (secondary N) is 1. The van der Waals surface area contributed by atoms with E-state index in [-0.39, 0.29) is 29.9 Å². The van der Waals surface area contributed by atoms with E-state index in [1.807, 2.05) is 24.3 Å². The number of carbonyl (C=O) groups excluding carboxylic acids is 1. The molecule has 138 valence electrons. The molecule has 26 heavy (non-hydrogen) atoms. The van der Waals surface area contributed by atoms with Crippen LogP contribution in [0.3, 0.4) is 0 Å². The van der Waals surface area contributed by atoms with Gasteiger partial charge >= 0.3 is 5.97 Å². The highest BCUT2D eigenvalue weighted by molar-refractivity contribution is 5.88. The predicted octanol–water partition coefficient (Wildman–Crippen LogP) is 3.32. The summed E-state index contributed by atoms with van der Waals surface area (Å²) in [5.41, 5.74) is 1.91. The van der Waals surface area contributed by atoms with E-state index in [1.165, 1.54) is 12.1 Å². The van der Waals surface area contributed by atoms with Gasteiger partial charge < -0.3 is 15.2 Å². The summed E-state index contributed by atoms with van der Waals surface area (Å²) < 4.78 is 5.39. The third kappa shape index (κ3) is 5.34. The van der Waals surface area contributed by atoms with Crippen LogP contribution in [0.5, 0.6) is 5.75 Å². The summed E-state index contributed by atoms with van der Waals surface area (Å²) >= 11 is 0. The molecule has 0 aliphatic rings. The van der Waals surface area contributed by atoms with Gasteiger partial charge in [0.1, 0.15) is 5.75 Å². The maximum absolute atomic E-state index is 12.5. The van der Waals surface area contributed by atoms with Crippen LogP contribution in [0.4, 0.5) is 0 Å². The molecule has 0 aliphatic heterocycles. The lowest BCUT2D eigenvalue weighted by Gasteiger charge is -2.23. The number of methoxy groups -OCH3 is 1. The minimum Gasteiger partial charge on any atom is -0.496 e. The van der Waals surface area contributed by atoms with Crippen LogP contribution in [-0.2, 0) is 17.6 Å². The van der Waals surface area contributed by atoms with E-state index in [4.69, 9.17) is 9.84 Å². The first-order valence-electron chi connectivity index (χ1n) is 8.64. The molecule has 0 saturated carbocycles. The van der Waals surface area contributed by atoms with Crippen molar-refractivity contribution in [3.8, 4) is 5.75 Å². The number of carbonyl (C=O) groups is 2. The molecule has 2 aromatic carbocycles. The van der Waals surface area contributed by atoms with Gasteiger partial charge in [-0.25, -0.2) is 4.79 Å². The van der Waals surface area contributed by atoms with Crippen LogP contribution in [0.2, 0.25) is 0 Å². The molecular weight excluding hydrogens is 330 g/mol. The molecule has 0 aliphatic carbocycles. The number of aromatic carboxylic acids is 1. The molecule has 1 amide bonds. The van der Waals surface area contributed by atoms with E-state index in [0.717, 1.165) is 11.3 Å². The number of carboxylic acids is 1. The largest absolute Gasteiger partial charge is 0.496 e. The third-order valence-corrected chi connectivity index (χ3v) is 4.32. The minimum absolute atomic E-state index is 0.0403. The monoisotopic (exact) mass is 355 g/mol. The fraction of sp³-hybridized carbons (Fsp3) is 0.333. The maximum atomic E-state index is 12.5. The van der Waals surface area contributed by atoms with Crippen molar-refractivity contribution in [1.29, 1.82) is 0 Å². The van der Waals surface area contributed by atoms with Crippen molar-refractivity contribution in [2.75, 3.05) is 7.11 Å². The highest BCUT2D eigenvalue weighted by Crippen LogP contribution is 2.21. The van der Waals surface area contributed by atoms with Gasteiger partial charge in [-0.2, -0.15) is 0 Å². The smallest absolute Gasteiger partial charge is 0.335 e. The van der Waals surface area contributed by atoms with Crippen molar-refractivity contribution in [2.45, 2.75) is 32.7 Å². The van der Waals surface area contributed by atoms with E-state index in [1.54, 1.807) is 19.2 Å². The van der Waals surface area contributed by atoms with Gasteiger partial charge in [0.05, 0.1) is 19.1 Å². The molecule has 1 unspecified atom stereocenters. The summed E-state index contributed by atoms with van der Waals surface area (Å²) in [6.07, 6.45) is 0.818. The molecule has 2 N–H and O–H groups in total. The summed E-state index contributed by atoms with van der Waals surface area (Å²) in [5, 5.41) is 12.1. The lowest BCUT2D eigenvalue weighted by atomic mass is 9.95. The van der Waals surface area contributed by atoms with E-state index in [0.29, 0.717) is 12.0 Å². The maximum Gasteiger partial charge on any atom is 0.335 e. The van der Waals surface area contributed by atoms with E-state index in [9.17, 15) is 9.59 Å². The first-order chi connectivity index (χ1) is 12.4. The zero-order chi connectivity index (χ0) is 19.1. The molecule has 0 saturated heterocycles. The predicted molar refractivity (Wildman–Crippen MR) is 101 cm³/mol. The number of amides is 1. The SMILES string of the molecule is COc1ccccc1CC(NC(=O)Cc1cccc(C(=O)O)c1)C(C)C. The summed E-state index contributed by atoms with van der Waals surface area (Å²) in [5.74, 6) is -0.0691. The van der Waals surface area contributed by atoms with Gasteiger partial charge in [-0.05, 0) is 41.7 Å². The molecule has 5 heteroatoms. The first-order valence-corrected chi connectivity index (χ1v) is 8.64. The second kappa shape index (κ2) is 9.04. The topological polar surface area (TPSA) is 75.6 Å². The van der Waals surface area contributed by atoms with Crippen molar-refractivity contribution < 1.29 is 19.4 Å². The van der Waals surface area contributed by atoms with Gasteiger partial charge in [0.25, 0.3) is 0 Å². The normalized spacial score (nSPS) is 11.8. The van der Waals surface area contributed by atoms with Gasteiger partial charge in [-0.3, -0.25) is 4.79 Å². The number of rotatable bonds is 8. The number of ether oxygens (including phenoxy) is 1. The number of carboxylic acid groups (broad SMARTS) is 1. The molecule has 0 radical (unpaired) electrons. The summed E-state index contributed by atoms with van der Waals surface area (Å²) in [6.45, 7) is 4.12. The molecule has 2 rings (SSSR count). The Bertz CT molecular complexity index is 770. The Morgan fingerprint density at radius 1 is 1.12 bits per heavy atom. The van der Waals surface area contributed by atoms with E-state index >= 15 is 0 Å². The molecule has 1 atom stereocenters. The Hall–Kier alpha value is -2.82. The fourth-order valence-electron chi connectivity index (χ4n) is 2.82. The van der Waals surface area contributed by atoms with Crippen LogP contribution in [0, 0.1) is 5.92 Å². The van der Waals surface area contributed by atoms with Crippen LogP contribution < -0.4 is 10.1 Å². The quantitative estimate of drug-likeness (QED) is 0.762. The van der Waals surface area contributed by atoms with Crippen LogP contribution in [-0.4, -0.2) is 30.1 Å². The Labute approximate surface area is 154 Å². The summed E-state index contributed by atoms with van der Waals surface area (Å²) in [4.78, 5) is 23.5. The second-order valence-corrected chi connectivity index (χ2v) is 6.62. The van der Waals surface area contributed by atoms with Crippen LogP contribution in [0.25, 0.3) is 0 Å². The van der Waals surface area contributed by atoms with Crippen LogP contribution in [0.15, 0.2) is 48.5 Å². The van der Waals surface area contributed by atoms with Crippen molar-refractivity contribution in [2.24, 2.45) is 5.92 Å². The van der Waals surface area contributed by atoms with Crippen molar-refractivity contribution >= 4 is 11.9 Å². The Morgan fingerprint density at radius 3 is 2.50 bits per heavy atom. The Balaban J connectivity index is 2.06. The molecule has 2 aromatic rings. The number of hydrogen-bond acceptors (Lipinski definition) is 3. The fourth-order valence-corrected chi connectivity index (χ4v) is 2.82. The van der Waals surface area contributed by atoms with Gasteiger partial charge in [0.15, 0.2) is 0 Å². The van der Waals surface area contributed by atoms with Gasteiger partial charge in [-0.15, -0.1) is 0 Å². The average Bonchev–Trinajstić information content (AvgIpc) is 2.61. The molecular formula is C21H25NO4. The number of benzene rings is 2. The van der Waals surface area contributed by atoms with Gasteiger partial charge in [-0.1, -0.05) is 44.2 Å². The lowest BCUT2D eigenvalue weighted by molar-refractivity contribution is -0.121. The molecule has 0 spiro atoms. The lowest BCUT2D eigenvalue weighted by Crippen LogP contribution is -2.41. The van der Waals surface area contributed by atoms with E-state index in [2.05, 4.69) is 19.2 Å². The number of hydrogen-bond donors (Lipinski definition) is 2. The summed E-state index contributed by atoms with van der Waals surface area (Å²) in [7, 11) is 1.64. The van der Waals surface area contributed by atoms with Crippen LogP contribution in [0.1, 0.15) is 35.3 Å². The number of para-hydroxylation sites is 1. The standard InChI is InChI=1S/C21H25NO4/c1-14(2)18(13-16-8-4-5-10-19(16)26-3)22-20(23)12-15-7-6-9-17(11-15)21(24)25/h4-11,14,18H,12-13H2,1-3H3,(H,22,23)(H,24,25). The highest BCUT2D eigenvalue weighted by atomic mass is 16.5. The highest BCUT2D eigenvalue weighted by Gasteiger charge is 2.19. The van der Waals surface area contributed by atoms with E-state index < -0.39 is 5.97 Å². The Morgan fingerprint density at radius 2 is 1.85 bits per heavy atom. The second-order valence-electron chi connectivity index (χ2n) is 6.62. The summed E-state index contributed by atoms with van der Waals surface area (Å²) in [6, 6.07) is 14.2. The average molecular weight is 355 g/mol. The van der Waals surface area contributed by atoms with Crippen molar-refractivity contribution in [3.63, 3.8) is 0 Å². The molecule has 0 aromatic heterocycles. The zero-order valence-electron chi connectivity index (χ0n) is 15.4. The first kappa shape index (κ1) is 19.5. The molecule has 0 bridgehead atoms. The van der Waals surface area contributed by atoms with Gasteiger partial charge in [0.2, 0.25) is 5.91 Å². The minimum atomic E-state index is -0.997.